The van der Waals surface area contributed by atoms with Gasteiger partial charge >= 0.3 is 0 Å². The van der Waals surface area contributed by atoms with Crippen LogP contribution >= 0.6 is 0 Å². The van der Waals surface area contributed by atoms with Crippen LogP contribution in [-0.4, -0.2) is 25.5 Å². The topological polar surface area (TPSA) is 72.2 Å². The molecule has 0 saturated heterocycles. The molecular weight excluding hydrogens is 338 g/mol. The molecule has 6 heteroatoms. The van der Waals surface area contributed by atoms with Gasteiger partial charge in [0.15, 0.2) is 5.65 Å². The predicted octanol–water partition coefficient (Wildman–Crippen LogP) is 3.34. The van der Waals surface area contributed by atoms with Crippen LogP contribution in [0, 0.1) is 13.8 Å². The van der Waals surface area contributed by atoms with E-state index in [1.165, 1.54) is 0 Å². The number of carbonyl (C=O) groups excluding carboxylic acids is 1. The highest BCUT2D eigenvalue weighted by atomic mass is 16.1. The normalized spacial score (nSPS) is 10.9. The lowest BCUT2D eigenvalue weighted by Gasteiger charge is -2.08. The summed E-state index contributed by atoms with van der Waals surface area (Å²) < 4.78 is 1.72. The van der Waals surface area contributed by atoms with Crippen molar-refractivity contribution in [3.63, 3.8) is 0 Å². The van der Waals surface area contributed by atoms with Crippen molar-refractivity contribution in [1.82, 2.24) is 24.9 Å². The van der Waals surface area contributed by atoms with Gasteiger partial charge in [-0.25, -0.2) is 9.50 Å². The zero-order valence-corrected chi connectivity index (χ0v) is 15.2. The molecule has 0 fully saturated rings. The minimum atomic E-state index is -0.204. The fourth-order valence-corrected chi connectivity index (χ4v) is 2.96. The van der Waals surface area contributed by atoms with Crippen LogP contribution in [0.3, 0.4) is 0 Å². The largest absolute Gasteiger partial charge is 0.347 e. The summed E-state index contributed by atoms with van der Waals surface area (Å²) >= 11 is 0. The van der Waals surface area contributed by atoms with Gasteiger partial charge in [-0.1, -0.05) is 30.3 Å². The maximum absolute atomic E-state index is 12.6. The Bertz CT molecular complexity index is 1120. The molecule has 134 valence electrons. The molecule has 1 N–H and O–H groups in total. The van der Waals surface area contributed by atoms with E-state index in [4.69, 9.17) is 0 Å². The van der Waals surface area contributed by atoms with Crippen molar-refractivity contribution in [1.29, 1.82) is 0 Å². The molecule has 4 rings (SSSR count). The van der Waals surface area contributed by atoms with Gasteiger partial charge in [0.05, 0.1) is 5.69 Å². The minimum absolute atomic E-state index is 0.204. The van der Waals surface area contributed by atoms with Crippen LogP contribution in [-0.2, 0) is 6.54 Å². The van der Waals surface area contributed by atoms with E-state index in [0.29, 0.717) is 17.9 Å². The molecule has 6 nitrogen and oxygen atoms in total. The molecule has 0 radical (unpaired) electrons. The number of benzene rings is 1. The minimum Gasteiger partial charge on any atom is -0.347 e. The molecule has 0 aliphatic rings. The molecule has 27 heavy (non-hydrogen) atoms. The number of hydrogen-bond acceptors (Lipinski definition) is 4. The van der Waals surface area contributed by atoms with E-state index in [1.54, 1.807) is 16.8 Å². The third-order valence-electron chi connectivity index (χ3n) is 4.47. The van der Waals surface area contributed by atoms with E-state index in [2.05, 4.69) is 20.4 Å². The average Bonchev–Trinajstić information content (AvgIpc) is 3.13. The third kappa shape index (κ3) is 3.42. The molecule has 0 bridgehead atoms. The zero-order valence-electron chi connectivity index (χ0n) is 15.2. The van der Waals surface area contributed by atoms with Gasteiger partial charge in [0.25, 0.3) is 5.91 Å². The number of amides is 1. The highest BCUT2D eigenvalue weighted by Gasteiger charge is 2.14. The van der Waals surface area contributed by atoms with Crippen molar-refractivity contribution < 1.29 is 4.79 Å². The van der Waals surface area contributed by atoms with Gasteiger partial charge in [0.1, 0.15) is 11.4 Å². The Labute approximate surface area is 156 Å². The van der Waals surface area contributed by atoms with Crippen molar-refractivity contribution in [3.05, 3.63) is 83.3 Å². The summed E-state index contributed by atoms with van der Waals surface area (Å²) in [5.41, 5.74) is 5.57. The van der Waals surface area contributed by atoms with Crippen LogP contribution in [0.15, 0.2) is 60.8 Å². The maximum atomic E-state index is 12.6. The van der Waals surface area contributed by atoms with Gasteiger partial charge in [-0.3, -0.25) is 9.78 Å². The quantitative estimate of drug-likeness (QED) is 0.608. The smallest absolute Gasteiger partial charge is 0.270 e. The Balaban J connectivity index is 1.60. The summed E-state index contributed by atoms with van der Waals surface area (Å²) in [5.74, 6) is -0.204. The van der Waals surface area contributed by atoms with Crippen molar-refractivity contribution in [2.45, 2.75) is 20.4 Å². The molecule has 0 aliphatic heterocycles. The maximum Gasteiger partial charge on any atom is 0.270 e. The van der Waals surface area contributed by atoms with Crippen molar-refractivity contribution in [3.8, 4) is 11.4 Å². The van der Waals surface area contributed by atoms with Gasteiger partial charge in [-0.2, -0.15) is 5.10 Å². The van der Waals surface area contributed by atoms with Crippen LogP contribution in [0.25, 0.3) is 17.0 Å². The van der Waals surface area contributed by atoms with E-state index >= 15 is 0 Å². The molecule has 0 unspecified atom stereocenters. The number of pyridine rings is 1. The first-order valence-corrected chi connectivity index (χ1v) is 8.73. The first-order chi connectivity index (χ1) is 13.1. The SMILES string of the molecule is Cc1ccccc1CNC(=O)c1cc(C)n2nc(-c3ccccn3)cc2n1. The fraction of sp³-hybridized carbons (Fsp3) is 0.143. The van der Waals surface area contributed by atoms with Gasteiger partial charge in [0.2, 0.25) is 0 Å². The third-order valence-corrected chi connectivity index (χ3v) is 4.47. The number of aromatic nitrogens is 4. The molecule has 4 aromatic rings. The number of rotatable bonds is 4. The van der Waals surface area contributed by atoms with Crippen LogP contribution in [0.4, 0.5) is 0 Å². The molecule has 0 saturated carbocycles. The summed E-state index contributed by atoms with van der Waals surface area (Å²) in [6.45, 7) is 4.40. The number of nitrogens with one attached hydrogen (secondary N) is 1. The van der Waals surface area contributed by atoms with Crippen molar-refractivity contribution in [2.24, 2.45) is 0 Å². The monoisotopic (exact) mass is 357 g/mol. The van der Waals surface area contributed by atoms with E-state index in [1.807, 2.05) is 62.4 Å². The Morgan fingerprint density at radius 3 is 2.63 bits per heavy atom. The molecule has 0 spiro atoms. The summed E-state index contributed by atoms with van der Waals surface area (Å²) in [7, 11) is 0. The summed E-state index contributed by atoms with van der Waals surface area (Å²) in [5, 5.41) is 7.49. The highest BCUT2D eigenvalue weighted by Crippen LogP contribution is 2.18. The first-order valence-electron chi connectivity index (χ1n) is 8.73. The van der Waals surface area contributed by atoms with Crippen molar-refractivity contribution in [2.75, 3.05) is 0 Å². The van der Waals surface area contributed by atoms with Gasteiger partial charge in [0, 0.05) is 24.5 Å². The summed E-state index contributed by atoms with van der Waals surface area (Å²) in [6.07, 6.45) is 1.73. The molecular formula is C21H19N5O. The molecule has 3 aromatic heterocycles. The van der Waals surface area contributed by atoms with Crippen LogP contribution < -0.4 is 5.32 Å². The van der Waals surface area contributed by atoms with E-state index in [0.717, 1.165) is 28.2 Å². The Morgan fingerprint density at radius 2 is 1.85 bits per heavy atom. The number of carbonyl (C=O) groups is 1. The number of nitrogens with zero attached hydrogens (tertiary/aromatic N) is 4. The second-order valence-corrected chi connectivity index (χ2v) is 6.41. The van der Waals surface area contributed by atoms with Crippen molar-refractivity contribution >= 4 is 11.6 Å². The first kappa shape index (κ1) is 16.9. The lowest BCUT2D eigenvalue weighted by molar-refractivity contribution is 0.0946. The lowest BCUT2D eigenvalue weighted by atomic mass is 10.1. The Hall–Kier alpha value is -3.54. The Kier molecular flexibility index (Phi) is 4.38. The molecule has 0 aliphatic carbocycles. The molecule has 1 aromatic carbocycles. The van der Waals surface area contributed by atoms with E-state index < -0.39 is 0 Å². The fourth-order valence-electron chi connectivity index (χ4n) is 2.96. The number of aryl methyl sites for hydroxylation is 2. The predicted molar refractivity (Wildman–Crippen MR) is 103 cm³/mol. The summed E-state index contributed by atoms with van der Waals surface area (Å²) in [4.78, 5) is 21.4. The average molecular weight is 357 g/mol. The van der Waals surface area contributed by atoms with E-state index in [9.17, 15) is 4.79 Å². The van der Waals surface area contributed by atoms with Gasteiger partial charge in [-0.15, -0.1) is 0 Å². The standard InChI is InChI=1S/C21H19N5O/c1-14-7-3-4-8-16(14)13-23-21(27)19-11-15(2)26-20(24-19)12-18(25-26)17-9-5-6-10-22-17/h3-12H,13H2,1-2H3,(H,23,27). The highest BCUT2D eigenvalue weighted by molar-refractivity contribution is 5.92. The second-order valence-electron chi connectivity index (χ2n) is 6.41. The van der Waals surface area contributed by atoms with Gasteiger partial charge in [-0.05, 0) is 43.2 Å². The van der Waals surface area contributed by atoms with Gasteiger partial charge < -0.3 is 5.32 Å². The summed E-state index contributed by atoms with van der Waals surface area (Å²) in [6, 6.07) is 17.2. The second kappa shape index (κ2) is 6.99. The molecule has 1 amide bonds. The number of fused-ring (bicyclic) bond motifs is 1. The van der Waals surface area contributed by atoms with Crippen LogP contribution in [0.5, 0.6) is 0 Å². The lowest BCUT2D eigenvalue weighted by Crippen LogP contribution is -2.24. The number of hydrogen-bond donors (Lipinski definition) is 1. The van der Waals surface area contributed by atoms with E-state index in [-0.39, 0.29) is 5.91 Å². The van der Waals surface area contributed by atoms with Crippen LogP contribution in [0.1, 0.15) is 27.3 Å². The molecule has 0 atom stereocenters. The van der Waals surface area contributed by atoms with Crippen LogP contribution in [0.2, 0.25) is 0 Å². The Morgan fingerprint density at radius 1 is 1.04 bits per heavy atom. The molecule has 3 heterocycles. The zero-order chi connectivity index (χ0) is 18.8.